The van der Waals surface area contributed by atoms with Crippen LogP contribution in [-0.4, -0.2) is 48.1 Å². The minimum atomic E-state index is -0.547. The molecule has 26 heavy (non-hydrogen) atoms. The molecular weight excluding hydrogens is 326 g/mol. The van der Waals surface area contributed by atoms with Crippen LogP contribution in [0.1, 0.15) is 29.3 Å². The maximum atomic E-state index is 11.3. The molecule has 0 saturated carbocycles. The normalized spacial score (nSPS) is 16.0. The van der Waals surface area contributed by atoms with Crippen LogP contribution < -0.4 is 4.74 Å². The number of ether oxygens (including phenoxy) is 1. The van der Waals surface area contributed by atoms with Crippen LogP contribution in [-0.2, 0) is 0 Å². The Bertz CT molecular complexity index is 753. The van der Waals surface area contributed by atoms with E-state index < -0.39 is 6.10 Å². The van der Waals surface area contributed by atoms with Crippen molar-refractivity contribution in [2.45, 2.75) is 19.4 Å². The van der Waals surface area contributed by atoms with Gasteiger partial charge in [-0.25, -0.2) is 0 Å². The van der Waals surface area contributed by atoms with Crippen LogP contribution in [0.5, 0.6) is 5.75 Å². The Morgan fingerprint density at radius 3 is 2.50 bits per heavy atom. The van der Waals surface area contributed by atoms with Gasteiger partial charge in [0, 0.05) is 25.2 Å². The summed E-state index contributed by atoms with van der Waals surface area (Å²) in [6.07, 6.45) is 2.69. The third-order valence-corrected chi connectivity index (χ3v) is 4.61. The molecule has 0 spiro atoms. The SMILES string of the molecule is CC(=O)c1ccc(OCC(O)CN2CC=C(c3ccccc3)CC2)cc1. The molecule has 1 aliphatic rings. The molecule has 136 valence electrons. The number of aliphatic hydroxyl groups is 1. The Morgan fingerprint density at radius 1 is 1.15 bits per heavy atom. The van der Waals surface area contributed by atoms with E-state index in [9.17, 15) is 9.90 Å². The zero-order chi connectivity index (χ0) is 18.4. The van der Waals surface area contributed by atoms with E-state index in [0.29, 0.717) is 17.9 Å². The van der Waals surface area contributed by atoms with Gasteiger partial charge < -0.3 is 9.84 Å². The molecule has 1 atom stereocenters. The molecule has 3 rings (SSSR count). The van der Waals surface area contributed by atoms with Gasteiger partial charge in [-0.2, -0.15) is 0 Å². The van der Waals surface area contributed by atoms with Crippen molar-refractivity contribution in [2.24, 2.45) is 0 Å². The highest BCUT2D eigenvalue weighted by Gasteiger charge is 2.16. The van der Waals surface area contributed by atoms with Crippen molar-refractivity contribution in [3.63, 3.8) is 0 Å². The number of carbonyl (C=O) groups excluding carboxylic acids is 1. The van der Waals surface area contributed by atoms with Gasteiger partial charge in [0.05, 0.1) is 0 Å². The lowest BCUT2D eigenvalue weighted by Crippen LogP contribution is -2.38. The summed E-state index contributed by atoms with van der Waals surface area (Å²) in [5, 5.41) is 10.2. The number of aliphatic hydroxyl groups excluding tert-OH is 1. The second-order valence-corrected chi connectivity index (χ2v) is 6.65. The van der Waals surface area contributed by atoms with Gasteiger partial charge in [0.15, 0.2) is 5.78 Å². The van der Waals surface area contributed by atoms with E-state index in [1.807, 2.05) is 6.07 Å². The van der Waals surface area contributed by atoms with Gasteiger partial charge in [-0.3, -0.25) is 9.69 Å². The average Bonchev–Trinajstić information content (AvgIpc) is 2.68. The highest BCUT2D eigenvalue weighted by Crippen LogP contribution is 2.22. The van der Waals surface area contributed by atoms with E-state index in [1.165, 1.54) is 18.1 Å². The maximum absolute atomic E-state index is 11.3. The molecule has 0 bridgehead atoms. The summed E-state index contributed by atoms with van der Waals surface area (Å²) in [7, 11) is 0. The second kappa shape index (κ2) is 8.79. The van der Waals surface area contributed by atoms with Crippen molar-refractivity contribution in [3.05, 3.63) is 71.8 Å². The standard InChI is InChI=1S/C22H25NO3/c1-17(24)18-7-9-22(10-8-18)26-16-21(25)15-23-13-11-20(12-14-23)19-5-3-2-4-6-19/h2-11,21,25H,12-16H2,1H3. The lowest BCUT2D eigenvalue weighted by Gasteiger charge is -2.28. The van der Waals surface area contributed by atoms with Crippen LogP contribution in [0.2, 0.25) is 0 Å². The van der Waals surface area contributed by atoms with E-state index in [1.54, 1.807) is 24.3 Å². The van der Waals surface area contributed by atoms with E-state index >= 15 is 0 Å². The van der Waals surface area contributed by atoms with E-state index in [-0.39, 0.29) is 12.4 Å². The molecule has 1 N–H and O–H groups in total. The number of β-amino-alcohol motifs (C(OH)–C–C–N with tert-alkyl or cyclic N) is 1. The fraction of sp³-hybridized carbons (Fsp3) is 0.318. The third kappa shape index (κ3) is 5.04. The fourth-order valence-corrected chi connectivity index (χ4v) is 3.12. The maximum Gasteiger partial charge on any atom is 0.159 e. The number of benzene rings is 2. The fourth-order valence-electron chi connectivity index (χ4n) is 3.12. The highest BCUT2D eigenvalue weighted by atomic mass is 16.5. The monoisotopic (exact) mass is 351 g/mol. The summed E-state index contributed by atoms with van der Waals surface area (Å²) in [4.78, 5) is 13.5. The second-order valence-electron chi connectivity index (χ2n) is 6.65. The molecule has 0 amide bonds. The third-order valence-electron chi connectivity index (χ3n) is 4.61. The first-order valence-electron chi connectivity index (χ1n) is 9.00. The van der Waals surface area contributed by atoms with Crippen LogP contribution in [0.15, 0.2) is 60.7 Å². The van der Waals surface area contributed by atoms with Crippen LogP contribution in [0, 0.1) is 0 Å². The number of hydrogen-bond acceptors (Lipinski definition) is 4. The molecule has 1 aliphatic heterocycles. The number of Topliss-reactive ketones (excluding diaryl/α,β-unsaturated/α-hetero) is 1. The van der Waals surface area contributed by atoms with Gasteiger partial charge in [0.25, 0.3) is 0 Å². The van der Waals surface area contributed by atoms with E-state index in [2.05, 4.69) is 35.2 Å². The molecule has 0 aromatic heterocycles. The Hall–Kier alpha value is -2.43. The smallest absolute Gasteiger partial charge is 0.159 e. The van der Waals surface area contributed by atoms with Gasteiger partial charge in [-0.05, 0) is 48.7 Å². The molecule has 0 radical (unpaired) electrons. The van der Waals surface area contributed by atoms with E-state index in [4.69, 9.17) is 4.74 Å². The molecule has 2 aromatic carbocycles. The predicted molar refractivity (Wildman–Crippen MR) is 103 cm³/mol. The zero-order valence-electron chi connectivity index (χ0n) is 15.1. The van der Waals surface area contributed by atoms with Crippen LogP contribution in [0.3, 0.4) is 0 Å². The summed E-state index contributed by atoms with van der Waals surface area (Å²) < 4.78 is 5.63. The Kier molecular flexibility index (Phi) is 6.21. The number of hydrogen-bond donors (Lipinski definition) is 1. The van der Waals surface area contributed by atoms with Gasteiger partial charge in [0.2, 0.25) is 0 Å². The molecule has 0 saturated heterocycles. The molecule has 0 aliphatic carbocycles. The Morgan fingerprint density at radius 2 is 1.88 bits per heavy atom. The number of nitrogens with zero attached hydrogens (tertiary/aromatic N) is 1. The first kappa shape index (κ1) is 18.4. The van der Waals surface area contributed by atoms with Crippen molar-refractivity contribution >= 4 is 11.4 Å². The van der Waals surface area contributed by atoms with Crippen LogP contribution >= 0.6 is 0 Å². The molecule has 2 aromatic rings. The lowest BCUT2D eigenvalue weighted by atomic mass is 9.99. The van der Waals surface area contributed by atoms with Crippen molar-refractivity contribution in [1.82, 2.24) is 4.90 Å². The summed E-state index contributed by atoms with van der Waals surface area (Å²) >= 11 is 0. The topological polar surface area (TPSA) is 49.8 Å². The van der Waals surface area contributed by atoms with Gasteiger partial charge in [-0.1, -0.05) is 36.4 Å². The quantitative estimate of drug-likeness (QED) is 0.777. The molecule has 4 nitrogen and oxygen atoms in total. The Balaban J connectivity index is 1.45. The minimum absolute atomic E-state index is 0.0320. The van der Waals surface area contributed by atoms with Crippen molar-refractivity contribution in [2.75, 3.05) is 26.2 Å². The van der Waals surface area contributed by atoms with Crippen molar-refractivity contribution in [1.29, 1.82) is 0 Å². The van der Waals surface area contributed by atoms with Crippen molar-refractivity contribution in [3.8, 4) is 5.75 Å². The minimum Gasteiger partial charge on any atom is -0.491 e. The van der Waals surface area contributed by atoms with Crippen molar-refractivity contribution < 1.29 is 14.6 Å². The Labute approximate surface area is 154 Å². The van der Waals surface area contributed by atoms with Crippen LogP contribution in [0.4, 0.5) is 0 Å². The molecule has 1 heterocycles. The van der Waals surface area contributed by atoms with E-state index in [0.717, 1.165) is 19.5 Å². The predicted octanol–water partition coefficient (Wildman–Crippen LogP) is 3.42. The summed E-state index contributed by atoms with van der Waals surface area (Å²) in [5.41, 5.74) is 3.32. The number of ketones is 1. The highest BCUT2D eigenvalue weighted by molar-refractivity contribution is 5.94. The zero-order valence-corrected chi connectivity index (χ0v) is 15.1. The lowest BCUT2D eigenvalue weighted by molar-refractivity contribution is 0.0716. The molecule has 1 unspecified atom stereocenters. The molecule has 0 fully saturated rings. The molecule has 4 heteroatoms. The number of rotatable bonds is 7. The largest absolute Gasteiger partial charge is 0.491 e. The average molecular weight is 351 g/mol. The van der Waals surface area contributed by atoms with Gasteiger partial charge in [-0.15, -0.1) is 0 Å². The first-order chi connectivity index (χ1) is 12.6. The first-order valence-corrected chi connectivity index (χ1v) is 9.00. The van der Waals surface area contributed by atoms with Gasteiger partial charge in [0.1, 0.15) is 18.5 Å². The molecular formula is C22H25NO3. The summed E-state index contributed by atoms with van der Waals surface area (Å²) in [6.45, 7) is 4.14. The van der Waals surface area contributed by atoms with Gasteiger partial charge >= 0.3 is 0 Å². The number of carbonyl (C=O) groups is 1. The van der Waals surface area contributed by atoms with Crippen LogP contribution in [0.25, 0.3) is 5.57 Å². The summed E-state index contributed by atoms with van der Waals surface area (Å²) in [6, 6.07) is 17.4. The summed E-state index contributed by atoms with van der Waals surface area (Å²) in [5.74, 6) is 0.698.